The van der Waals surface area contributed by atoms with E-state index in [1.807, 2.05) is 12.1 Å². The molecule has 1 rings (SSSR count). The first kappa shape index (κ1) is 13.5. The average molecular weight is 285 g/mol. The molecule has 0 saturated heterocycles. The number of hydrogen-bond donors (Lipinski definition) is 2. The molecule has 0 heterocycles. The summed E-state index contributed by atoms with van der Waals surface area (Å²) in [6, 6.07) is 6.10. The fourth-order valence-corrected chi connectivity index (χ4v) is 1.62. The van der Waals surface area contributed by atoms with Crippen molar-refractivity contribution in [3.63, 3.8) is 0 Å². The monoisotopic (exact) mass is 284 g/mol. The molecule has 0 unspecified atom stereocenters. The highest BCUT2D eigenvalue weighted by Crippen LogP contribution is 2.21. The lowest BCUT2D eigenvalue weighted by molar-refractivity contribution is 0.327. The molecule has 3 N–H and O–H groups in total. The smallest absolute Gasteiger partial charge is 0.0461 e. The first-order valence-electron chi connectivity index (χ1n) is 5.69. The molecule has 16 heavy (non-hydrogen) atoms. The van der Waals surface area contributed by atoms with Crippen molar-refractivity contribution in [1.82, 2.24) is 5.32 Å². The number of anilines is 1. The van der Waals surface area contributed by atoms with Crippen LogP contribution in [-0.4, -0.2) is 6.54 Å². The highest BCUT2D eigenvalue weighted by molar-refractivity contribution is 9.10. The fourth-order valence-electron chi connectivity index (χ4n) is 1.37. The van der Waals surface area contributed by atoms with Gasteiger partial charge in [0.2, 0.25) is 0 Å². The van der Waals surface area contributed by atoms with Crippen molar-refractivity contribution in [3.05, 3.63) is 28.2 Å². The zero-order chi connectivity index (χ0) is 12.2. The van der Waals surface area contributed by atoms with E-state index in [1.165, 1.54) is 12.0 Å². The molecule has 0 atom stereocenters. The number of halogens is 1. The number of rotatable bonds is 5. The third-order valence-corrected chi connectivity index (χ3v) is 3.67. The zero-order valence-electron chi connectivity index (χ0n) is 10.3. The van der Waals surface area contributed by atoms with Gasteiger partial charge in [-0.1, -0.05) is 26.8 Å². The molecule has 90 valence electrons. The highest BCUT2D eigenvalue weighted by atomic mass is 79.9. The lowest BCUT2D eigenvalue weighted by Crippen LogP contribution is -2.28. The quantitative estimate of drug-likeness (QED) is 0.812. The summed E-state index contributed by atoms with van der Waals surface area (Å²) in [6.07, 6.45) is 1.18. The van der Waals surface area contributed by atoms with Crippen molar-refractivity contribution in [1.29, 1.82) is 0 Å². The van der Waals surface area contributed by atoms with Crippen molar-refractivity contribution in [2.24, 2.45) is 5.41 Å². The summed E-state index contributed by atoms with van der Waals surface area (Å²) in [5.41, 5.74) is 8.22. The predicted octanol–water partition coefficient (Wildman–Crippen LogP) is 3.56. The summed E-state index contributed by atoms with van der Waals surface area (Å²) in [7, 11) is 0. The van der Waals surface area contributed by atoms with Gasteiger partial charge in [-0.3, -0.25) is 0 Å². The molecule has 1 aromatic rings. The predicted molar refractivity (Wildman–Crippen MR) is 74.3 cm³/mol. The SMILES string of the molecule is CCC(C)(C)CNCc1ccc(Br)c(N)c1. The maximum Gasteiger partial charge on any atom is 0.0461 e. The van der Waals surface area contributed by atoms with Gasteiger partial charge in [0, 0.05) is 23.2 Å². The molecule has 0 aromatic heterocycles. The lowest BCUT2D eigenvalue weighted by atomic mass is 9.90. The summed E-state index contributed by atoms with van der Waals surface area (Å²) in [5.74, 6) is 0. The van der Waals surface area contributed by atoms with E-state index in [4.69, 9.17) is 5.73 Å². The number of benzene rings is 1. The van der Waals surface area contributed by atoms with Gasteiger partial charge >= 0.3 is 0 Å². The number of nitrogens with one attached hydrogen (secondary N) is 1. The largest absolute Gasteiger partial charge is 0.398 e. The van der Waals surface area contributed by atoms with Crippen LogP contribution >= 0.6 is 15.9 Å². The van der Waals surface area contributed by atoms with Crippen LogP contribution in [0.4, 0.5) is 5.69 Å². The van der Waals surface area contributed by atoms with Crippen LogP contribution in [0.2, 0.25) is 0 Å². The van der Waals surface area contributed by atoms with E-state index in [-0.39, 0.29) is 0 Å². The molecular formula is C13H21BrN2. The van der Waals surface area contributed by atoms with Crippen LogP contribution in [0, 0.1) is 5.41 Å². The van der Waals surface area contributed by atoms with Gasteiger partial charge in [-0.15, -0.1) is 0 Å². The number of nitrogens with two attached hydrogens (primary N) is 1. The van der Waals surface area contributed by atoms with Crippen LogP contribution in [0.25, 0.3) is 0 Å². The van der Waals surface area contributed by atoms with Gasteiger partial charge in [0.05, 0.1) is 0 Å². The second-order valence-corrected chi connectivity index (χ2v) is 5.83. The first-order valence-corrected chi connectivity index (χ1v) is 6.48. The van der Waals surface area contributed by atoms with Gasteiger partial charge in [-0.25, -0.2) is 0 Å². The van der Waals surface area contributed by atoms with Gasteiger partial charge in [0.25, 0.3) is 0 Å². The first-order chi connectivity index (χ1) is 7.44. The molecule has 0 aliphatic carbocycles. The molecular weight excluding hydrogens is 264 g/mol. The molecule has 0 aliphatic rings. The zero-order valence-corrected chi connectivity index (χ0v) is 11.9. The van der Waals surface area contributed by atoms with Crippen molar-refractivity contribution < 1.29 is 0 Å². The Labute approximate surface area is 107 Å². The Bertz CT molecular complexity index is 348. The molecule has 0 saturated carbocycles. The third-order valence-electron chi connectivity index (χ3n) is 2.95. The Kier molecular flexibility index (Phi) is 4.81. The molecule has 2 nitrogen and oxygen atoms in total. The van der Waals surface area contributed by atoms with Crippen LogP contribution in [0.1, 0.15) is 32.8 Å². The van der Waals surface area contributed by atoms with E-state index in [0.29, 0.717) is 5.41 Å². The van der Waals surface area contributed by atoms with E-state index in [9.17, 15) is 0 Å². The normalized spacial score (nSPS) is 11.8. The lowest BCUT2D eigenvalue weighted by Gasteiger charge is -2.23. The summed E-state index contributed by atoms with van der Waals surface area (Å²) in [6.45, 7) is 8.67. The van der Waals surface area contributed by atoms with E-state index < -0.39 is 0 Å². The number of nitrogen functional groups attached to an aromatic ring is 1. The minimum Gasteiger partial charge on any atom is -0.398 e. The number of hydrogen-bond acceptors (Lipinski definition) is 2. The highest BCUT2D eigenvalue weighted by Gasteiger charge is 2.13. The Balaban J connectivity index is 2.46. The maximum atomic E-state index is 5.83. The van der Waals surface area contributed by atoms with Crippen LogP contribution < -0.4 is 11.1 Å². The summed E-state index contributed by atoms with van der Waals surface area (Å²) in [4.78, 5) is 0. The molecule has 0 amide bonds. The maximum absolute atomic E-state index is 5.83. The Morgan fingerprint density at radius 2 is 2.06 bits per heavy atom. The van der Waals surface area contributed by atoms with Gasteiger partial charge in [0.1, 0.15) is 0 Å². The minimum atomic E-state index is 0.362. The second-order valence-electron chi connectivity index (χ2n) is 4.98. The summed E-state index contributed by atoms with van der Waals surface area (Å²) >= 11 is 3.40. The molecule has 0 spiro atoms. The summed E-state index contributed by atoms with van der Waals surface area (Å²) in [5, 5.41) is 3.47. The van der Waals surface area contributed by atoms with E-state index in [0.717, 1.165) is 23.2 Å². The minimum absolute atomic E-state index is 0.362. The average Bonchev–Trinajstić information content (AvgIpc) is 2.23. The van der Waals surface area contributed by atoms with E-state index in [1.54, 1.807) is 0 Å². The van der Waals surface area contributed by atoms with Crippen LogP contribution in [0.3, 0.4) is 0 Å². The van der Waals surface area contributed by atoms with Gasteiger partial charge in [-0.05, 0) is 45.5 Å². The van der Waals surface area contributed by atoms with Crippen LogP contribution in [0.5, 0.6) is 0 Å². The van der Waals surface area contributed by atoms with Crippen molar-refractivity contribution in [3.8, 4) is 0 Å². The Hall–Kier alpha value is -0.540. The van der Waals surface area contributed by atoms with Gasteiger partial charge < -0.3 is 11.1 Å². The standard InChI is InChI=1S/C13H21BrN2/c1-4-13(2,3)9-16-8-10-5-6-11(14)12(15)7-10/h5-7,16H,4,8-9,15H2,1-3H3. The second kappa shape index (κ2) is 5.69. The summed E-state index contributed by atoms with van der Waals surface area (Å²) < 4.78 is 0.963. The van der Waals surface area contributed by atoms with Crippen molar-refractivity contribution in [2.75, 3.05) is 12.3 Å². The van der Waals surface area contributed by atoms with Gasteiger partial charge in [-0.2, -0.15) is 0 Å². The van der Waals surface area contributed by atoms with Gasteiger partial charge in [0.15, 0.2) is 0 Å². The fraction of sp³-hybridized carbons (Fsp3) is 0.538. The third kappa shape index (κ3) is 4.14. The van der Waals surface area contributed by atoms with E-state index in [2.05, 4.69) is 48.1 Å². The van der Waals surface area contributed by atoms with E-state index >= 15 is 0 Å². The Morgan fingerprint density at radius 1 is 1.38 bits per heavy atom. The molecule has 3 heteroatoms. The van der Waals surface area contributed by atoms with Crippen LogP contribution in [-0.2, 0) is 6.54 Å². The van der Waals surface area contributed by atoms with Crippen molar-refractivity contribution in [2.45, 2.75) is 33.7 Å². The molecule has 0 radical (unpaired) electrons. The molecule has 0 bridgehead atoms. The molecule has 0 fully saturated rings. The topological polar surface area (TPSA) is 38.0 Å². The molecule has 1 aromatic carbocycles. The molecule has 0 aliphatic heterocycles. The van der Waals surface area contributed by atoms with Crippen molar-refractivity contribution >= 4 is 21.6 Å². The Morgan fingerprint density at radius 3 is 2.62 bits per heavy atom. The van der Waals surface area contributed by atoms with Crippen LogP contribution in [0.15, 0.2) is 22.7 Å².